The minimum absolute atomic E-state index is 0.480. The molecular weight excluding hydrogens is 224 g/mol. The van der Waals surface area contributed by atoms with Crippen LogP contribution in [0.25, 0.3) is 0 Å². The van der Waals surface area contributed by atoms with E-state index in [1.807, 2.05) is 12.1 Å². The highest BCUT2D eigenvalue weighted by Gasteiger charge is 2.08. The Morgan fingerprint density at radius 2 is 2.00 bits per heavy atom. The van der Waals surface area contributed by atoms with E-state index in [2.05, 4.69) is 33.8 Å². The zero-order valence-corrected chi connectivity index (χ0v) is 11.9. The highest BCUT2D eigenvalue weighted by molar-refractivity contribution is 5.79. The fourth-order valence-electron chi connectivity index (χ4n) is 1.74. The molecule has 0 aromatic heterocycles. The smallest absolute Gasteiger partial charge is 0.153 e. The molecule has 1 unspecified atom stereocenters. The average molecular weight is 248 g/mol. The maximum Gasteiger partial charge on any atom is 0.153 e. The van der Waals surface area contributed by atoms with Crippen molar-refractivity contribution in [2.24, 2.45) is 5.92 Å². The van der Waals surface area contributed by atoms with Gasteiger partial charge in [-0.2, -0.15) is 0 Å². The summed E-state index contributed by atoms with van der Waals surface area (Å²) in [6.07, 6.45) is 2.97. The van der Waals surface area contributed by atoms with E-state index in [1.165, 1.54) is 5.56 Å². The number of carbonyl (C=O) groups is 1. The third kappa shape index (κ3) is 4.17. The van der Waals surface area contributed by atoms with Crippen molar-refractivity contribution < 1.29 is 9.53 Å². The standard InChI is InChI=1S/C16H24O2/c1-5-13(4)14-6-7-16(15(10-14)11-17)18-9-8-12(2)3/h6-7,10-13H,5,8-9H2,1-4H3. The Balaban J connectivity index is 2.77. The third-order valence-corrected chi connectivity index (χ3v) is 3.29. The van der Waals surface area contributed by atoms with E-state index in [0.29, 0.717) is 29.8 Å². The Morgan fingerprint density at radius 1 is 1.28 bits per heavy atom. The predicted molar refractivity (Wildman–Crippen MR) is 75.5 cm³/mol. The molecular formula is C16H24O2. The number of carbonyl (C=O) groups excluding carboxylic acids is 1. The zero-order valence-electron chi connectivity index (χ0n) is 11.9. The van der Waals surface area contributed by atoms with Gasteiger partial charge in [-0.1, -0.05) is 33.8 Å². The first-order valence-corrected chi connectivity index (χ1v) is 6.80. The van der Waals surface area contributed by atoms with Crippen molar-refractivity contribution in [2.75, 3.05) is 6.61 Å². The molecule has 100 valence electrons. The van der Waals surface area contributed by atoms with Crippen LogP contribution in [0.1, 0.15) is 62.4 Å². The lowest BCUT2D eigenvalue weighted by Gasteiger charge is -2.13. The molecule has 0 aliphatic rings. The van der Waals surface area contributed by atoms with Crippen LogP contribution in [0.2, 0.25) is 0 Å². The summed E-state index contributed by atoms with van der Waals surface area (Å²) < 4.78 is 5.68. The van der Waals surface area contributed by atoms with Crippen molar-refractivity contribution in [3.8, 4) is 5.75 Å². The second-order valence-electron chi connectivity index (χ2n) is 5.26. The van der Waals surface area contributed by atoms with Crippen LogP contribution < -0.4 is 4.74 Å². The maximum atomic E-state index is 11.1. The molecule has 0 spiro atoms. The molecule has 1 rings (SSSR count). The lowest BCUT2D eigenvalue weighted by atomic mass is 9.97. The summed E-state index contributed by atoms with van der Waals surface area (Å²) in [5.41, 5.74) is 1.87. The molecule has 0 bridgehead atoms. The van der Waals surface area contributed by atoms with E-state index in [4.69, 9.17) is 4.74 Å². The molecule has 0 saturated carbocycles. The monoisotopic (exact) mass is 248 g/mol. The molecule has 0 fully saturated rings. The van der Waals surface area contributed by atoms with Gasteiger partial charge in [-0.15, -0.1) is 0 Å². The molecule has 0 saturated heterocycles. The molecule has 1 aromatic rings. The van der Waals surface area contributed by atoms with Gasteiger partial charge in [0.15, 0.2) is 6.29 Å². The van der Waals surface area contributed by atoms with Crippen LogP contribution >= 0.6 is 0 Å². The summed E-state index contributed by atoms with van der Waals surface area (Å²) in [5, 5.41) is 0. The Bertz CT molecular complexity index is 383. The molecule has 0 heterocycles. The van der Waals surface area contributed by atoms with Crippen LogP contribution in [0.5, 0.6) is 5.75 Å². The fraction of sp³-hybridized carbons (Fsp3) is 0.562. The summed E-state index contributed by atoms with van der Waals surface area (Å²) in [6.45, 7) is 9.31. The minimum atomic E-state index is 0.480. The Kier molecular flexibility index (Phi) is 5.90. The molecule has 0 aliphatic carbocycles. The summed E-state index contributed by atoms with van der Waals surface area (Å²) in [4.78, 5) is 11.1. The van der Waals surface area contributed by atoms with Crippen molar-refractivity contribution >= 4 is 6.29 Å². The molecule has 0 radical (unpaired) electrons. The number of hydrogen-bond donors (Lipinski definition) is 0. The van der Waals surface area contributed by atoms with Gasteiger partial charge in [0.1, 0.15) is 5.75 Å². The van der Waals surface area contributed by atoms with E-state index >= 15 is 0 Å². The second kappa shape index (κ2) is 7.20. The van der Waals surface area contributed by atoms with Crippen molar-refractivity contribution in [2.45, 2.75) is 46.5 Å². The van der Waals surface area contributed by atoms with Crippen molar-refractivity contribution in [1.82, 2.24) is 0 Å². The van der Waals surface area contributed by atoms with Crippen LogP contribution in [0.3, 0.4) is 0 Å². The Hall–Kier alpha value is -1.31. The van der Waals surface area contributed by atoms with E-state index < -0.39 is 0 Å². The molecule has 1 aromatic carbocycles. The van der Waals surface area contributed by atoms with Crippen molar-refractivity contribution in [3.05, 3.63) is 29.3 Å². The van der Waals surface area contributed by atoms with Gasteiger partial charge in [0.25, 0.3) is 0 Å². The third-order valence-electron chi connectivity index (χ3n) is 3.29. The first-order valence-electron chi connectivity index (χ1n) is 6.80. The Labute approximate surface area is 110 Å². The van der Waals surface area contributed by atoms with Crippen LogP contribution in [-0.2, 0) is 0 Å². The van der Waals surface area contributed by atoms with Gasteiger partial charge in [0, 0.05) is 0 Å². The summed E-state index contributed by atoms with van der Waals surface area (Å²) in [5.74, 6) is 1.80. The minimum Gasteiger partial charge on any atom is -0.493 e. The van der Waals surface area contributed by atoms with Gasteiger partial charge < -0.3 is 4.74 Å². The normalized spacial score (nSPS) is 12.5. The van der Waals surface area contributed by atoms with Crippen LogP contribution in [0, 0.1) is 5.92 Å². The largest absolute Gasteiger partial charge is 0.493 e. The first-order chi connectivity index (χ1) is 8.58. The van der Waals surface area contributed by atoms with Crippen molar-refractivity contribution in [3.63, 3.8) is 0 Å². The molecule has 2 heteroatoms. The molecule has 18 heavy (non-hydrogen) atoms. The van der Waals surface area contributed by atoms with E-state index in [1.54, 1.807) is 0 Å². The Morgan fingerprint density at radius 3 is 2.56 bits per heavy atom. The number of aldehydes is 1. The van der Waals surface area contributed by atoms with Crippen molar-refractivity contribution in [1.29, 1.82) is 0 Å². The number of benzene rings is 1. The lowest BCUT2D eigenvalue weighted by molar-refractivity contribution is 0.111. The summed E-state index contributed by atoms with van der Waals surface area (Å²) in [7, 11) is 0. The predicted octanol–water partition coefficient (Wildman–Crippen LogP) is 4.44. The van der Waals surface area contributed by atoms with Crippen LogP contribution in [-0.4, -0.2) is 12.9 Å². The molecule has 0 amide bonds. The molecule has 0 aliphatic heterocycles. The van der Waals surface area contributed by atoms with Crippen LogP contribution in [0.4, 0.5) is 0 Å². The van der Waals surface area contributed by atoms with Crippen LogP contribution in [0.15, 0.2) is 18.2 Å². The van der Waals surface area contributed by atoms with Gasteiger partial charge in [-0.25, -0.2) is 0 Å². The van der Waals surface area contributed by atoms with Gasteiger partial charge in [0.2, 0.25) is 0 Å². The quantitative estimate of drug-likeness (QED) is 0.667. The second-order valence-corrected chi connectivity index (χ2v) is 5.26. The number of hydrogen-bond acceptors (Lipinski definition) is 2. The van der Waals surface area contributed by atoms with Gasteiger partial charge in [0.05, 0.1) is 12.2 Å². The summed E-state index contributed by atoms with van der Waals surface area (Å²) >= 11 is 0. The van der Waals surface area contributed by atoms with E-state index in [-0.39, 0.29) is 0 Å². The van der Waals surface area contributed by atoms with Gasteiger partial charge >= 0.3 is 0 Å². The average Bonchev–Trinajstić information content (AvgIpc) is 2.37. The maximum absolute atomic E-state index is 11.1. The fourth-order valence-corrected chi connectivity index (χ4v) is 1.74. The lowest BCUT2D eigenvalue weighted by Crippen LogP contribution is -2.04. The zero-order chi connectivity index (χ0) is 13.5. The SMILES string of the molecule is CCC(C)c1ccc(OCCC(C)C)c(C=O)c1. The highest BCUT2D eigenvalue weighted by atomic mass is 16.5. The first kappa shape index (κ1) is 14.7. The topological polar surface area (TPSA) is 26.3 Å². The molecule has 2 nitrogen and oxygen atoms in total. The van der Waals surface area contributed by atoms with Gasteiger partial charge in [-0.3, -0.25) is 4.79 Å². The van der Waals surface area contributed by atoms with E-state index in [9.17, 15) is 4.79 Å². The molecule has 0 N–H and O–H groups in total. The highest BCUT2D eigenvalue weighted by Crippen LogP contribution is 2.25. The summed E-state index contributed by atoms with van der Waals surface area (Å²) in [6, 6.07) is 5.93. The number of rotatable bonds is 7. The molecule has 1 atom stereocenters. The van der Waals surface area contributed by atoms with E-state index in [0.717, 1.165) is 19.1 Å². The van der Waals surface area contributed by atoms with Gasteiger partial charge in [-0.05, 0) is 42.4 Å². The number of ether oxygens (including phenoxy) is 1.